The Hall–Kier alpha value is -3.67. The number of para-hydroxylation sites is 1. The number of amides is 2. The summed E-state index contributed by atoms with van der Waals surface area (Å²) in [6.45, 7) is 4.82. The van der Waals surface area contributed by atoms with E-state index in [9.17, 15) is 9.59 Å². The summed E-state index contributed by atoms with van der Waals surface area (Å²) in [5, 5.41) is 8.89. The van der Waals surface area contributed by atoms with Crippen LogP contribution < -0.4 is 16.0 Å². The lowest BCUT2D eigenvalue weighted by atomic mass is 10.0. The third kappa shape index (κ3) is 5.91. The van der Waals surface area contributed by atoms with E-state index in [4.69, 9.17) is 0 Å². The molecule has 0 saturated heterocycles. The summed E-state index contributed by atoms with van der Waals surface area (Å²) in [7, 11) is 0. The maximum Gasteiger partial charge on any atom is 0.251 e. The number of carbonyl (C=O) groups excluding carboxylic acids is 2. The molecule has 3 N–H and O–H groups in total. The normalized spacial score (nSPS) is 10.5. The van der Waals surface area contributed by atoms with Crippen LogP contribution in [0.2, 0.25) is 0 Å². The first-order valence-corrected chi connectivity index (χ1v) is 9.92. The molecule has 0 aliphatic heterocycles. The molecule has 0 bridgehead atoms. The van der Waals surface area contributed by atoms with E-state index >= 15 is 0 Å². The smallest absolute Gasteiger partial charge is 0.251 e. The Balaban J connectivity index is 1.50. The van der Waals surface area contributed by atoms with Crippen LogP contribution in [0.1, 0.15) is 41.3 Å². The van der Waals surface area contributed by atoms with E-state index in [0.29, 0.717) is 23.7 Å². The van der Waals surface area contributed by atoms with Crippen molar-refractivity contribution >= 4 is 23.2 Å². The highest BCUT2D eigenvalue weighted by Gasteiger charge is 2.09. The van der Waals surface area contributed by atoms with Gasteiger partial charge in [-0.3, -0.25) is 14.6 Å². The molecule has 3 rings (SSSR count). The zero-order valence-corrected chi connectivity index (χ0v) is 17.2. The second-order valence-corrected chi connectivity index (χ2v) is 7.26. The van der Waals surface area contributed by atoms with Crippen molar-refractivity contribution in [3.05, 3.63) is 89.7 Å². The van der Waals surface area contributed by atoms with E-state index in [-0.39, 0.29) is 18.4 Å². The summed E-state index contributed by atoms with van der Waals surface area (Å²) in [6, 6.07) is 18.5. The van der Waals surface area contributed by atoms with E-state index in [2.05, 4.69) is 40.8 Å². The average molecular weight is 402 g/mol. The number of nitrogens with one attached hydrogen (secondary N) is 3. The summed E-state index contributed by atoms with van der Waals surface area (Å²) in [5.41, 5.74) is 4.24. The number of hydrogen-bond acceptors (Lipinski definition) is 4. The number of benzene rings is 2. The van der Waals surface area contributed by atoms with Crippen molar-refractivity contribution in [2.45, 2.75) is 26.3 Å². The van der Waals surface area contributed by atoms with Gasteiger partial charge in [-0.1, -0.05) is 38.1 Å². The summed E-state index contributed by atoms with van der Waals surface area (Å²) in [6.07, 6.45) is 3.41. The minimum atomic E-state index is -0.177. The Morgan fingerprint density at radius 3 is 2.43 bits per heavy atom. The standard InChI is InChI=1S/C24H26N4O2/c1-17(2)21-7-3-4-8-22(21)26-16-23(29)28-20-11-9-19(10-12-20)24(30)27-15-18-6-5-13-25-14-18/h3-14,17,26H,15-16H2,1-2H3,(H,27,30)(H,28,29). The molecule has 0 fully saturated rings. The fraction of sp³-hybridized carbons (Fsp3) is 0.208. The van der Waals surface area contributed by atoms with Gasteiger partial charge in [0.25, 0.3) is 5.91 Å². The van der Waals surface area contributed by atoms with Crippen LogP contribution in [-0.2, 0) is 11.3 Å². The van der Waals surface area contributed by atoms with E-state index in [1.807, 2.05) is 30.3 Å². The highest BCUT2D eigenvalue weighted by atomic mass is 16.2. The van der Waals surface area contributed by atoms with Gasteiger partial charge in [0.15, 0.2) is 0 Å². The van der Waals surface area contributed by atoms with Crippen molar-refractivity contribution in [3.8, 4) is 0 Å². The first-order valence-electron chi connectivity index (χ1n) is 9.92. The van der Waals surface area contributed by atoms with Crippen LogP contribution >= 0.6 is 0 Å². The number of aromatic nitrogens is 1. The number of carbonyl (C=O) groups is 2. The Bertz CT molecular complexity index is 986. The Kier molecular flexibility index (Phi) is 7.16. The van der Waals surface area contributed by atoms with E-state index in [0.717, 1.165) is 11.3 Å². The molecule has 30 heavy (non-hydrogen) atoms. The van der Waals surface area contributed by atoms with Gasteiger partial charge in [-0.25, -0.2) is 0 Å². The molecule has 0 atom stereocenters. The Labute approximate surface area is 176 Å². The maximum absolute atomic E-state index is 12.3. The second kappa shape index (κ2) is 10.2. The highest BCUT2D eigenvalue weighted by molar-refractivity contribution is 5.96. The van der Waals surface area contributed by atoms with Crippen molar-refractivity contribution in [3.63, 3.8) is 0 Å². The minimum absolute atomic E-state index is 0.151. The van der Waals surface area contributed by atoms with Crippen LogP contribution in [0.4, 0.5) is 11.4 Å². The van der Waals surface area contributed by atoms with Crippen LogP contribution in [0.3, 0.4) is 0 Å². The molecule has 1 aromatic heterocycles. The van der Waals surface area contributed by atoms with Gasteiger partial charge in [0.05, 0.1) is 6.54 Å². The topological polar surface area (TPSA) is 83.1 Å². The SMILES string of the molecule is CC(C)c1ccccc1NCC(=O)Nc1ccc(C(=O)NCc2cccnc2)cc1. The lowest BCUT2D eigenvalue weighted by molar-refractivity contribution is -0.114. The largest absolute Gasteiger partial charge is 0.376 e. The fourth-order valence-electron chi connectivity index (χ4n) is 3.03. The van der Waals surface area contributed by atoms with Crippen molar-refractivity contribution in [1.82, 2.24) is 10.3 Å². The molecule has 2 aromatic carbocycles. The molecule has 0 unspecified atom stereocenters. The molecule has 6 nitrogen and oxygen atoms in total. The summed E-state index contributed by atoms with van der Waals surface area (Å²) in [4.78, 5) is 28.6. The zero-order chi connectivity index (χ0) is 21.3. The highest BCUT2D eigenvalue weighted by Crippen LogP contribution is 2.23. The van der Waals surface area contributed by atoms with Crippen LogP contribution in [0.15, 0.2) is 73.1 Å². The van der Waals surface area contributed by atoms with E-state index in [1.54, 1.807) is 36.7 Å². The van der Waals surface area contributed by atoms with Crippen molar-refractivity contribution < 1.29 is 9.59 Å². The van der Waals surface area contributed by atoms with Gasteiger partial charge in [-0.2, -0.15) is 0 Å². The average Bonchev–Trinajstić information content (AvgIpc) is 2.77. The monoisotopic (exact) mass is 402 g/mol. The number of nitrogens with zero attached hydrogens (tertiary/aromatic N) is 1. The lowest BCUT2D eigenvalue weighted by Gasteiger charge is -2.14. The van der Waals surface area contributed by atoms with Gasteiger partial charge < -0.3 is 16.0 Å². The minimum Gasteiger partial charge on any atom is -0.376 e. The number of anilines is 2. The molecule has 0 aliphatic rings. The van der Waals surface area contributed by atoms with Gasteiger partial charge in [0.1, 0.15) is 0 Å². The van der Waals surface area contributed by atoms with Gasteiger partial charge in [0.2, 0.25) is 5.91 Å². The molecule has 2 amide bonds. The van der Waals surface area contributed by atoms with E-state index in [1.165, 1.54) is 5.56 Å². The number of hydrogen-bond donors (Lipinski definition) is 3. The van der Waals surface area contributed by atoms with Crippen LogP contribution in [0, 0.1) is 0 Å². The summed E-state index contributed by atoms with van der Waals surface area (Å²) in [5.74, 6) is 0.0413. The fourth-order valence-corrected chi connectivity index (χ4v) is 3.03. The second-order valence-electron chi connectivity index (χ2n) is 7.26. The third-order valence-corrected chi connectivity index (χ3v) is 4.63. The van der Waals surface area contributed by atoms with Gasteiger partial charge in [0, 0.05) is 35.9 Å². The maximum atomic E-state index is 12.3. The first-order chi connectivity index (χ1) is 14.5. The predicted octanol–water partition coefficient (Wildman–Crippen LogP) is 4.19. The Morgan fingerprint density at radius 1 is 0.967 bits per heavy atom. The molecule has 3 aromatic rings. The van der Waals surface area contributed by atoms with Gasteiger partial charge in [-0.05, 0) is 53.4 Å². The van der Waals surface area contributed by atoms with E-state index < -0.39 is 0 Å². The van der Waals surface area contributed by atoms with Crippen LogP contribution in [0.25, 0.3) is 0 Å². The molecule has 0 saturated carbocycles. The predicted molar refractivity (Wildman–Crippen MR) is 119 cm³/mol. The zero-order valence-electron chi connectivity index (χ0n) is 17.2. The van der Waals surface area contributed by atoms with Crippen LogP contribution in [0.5, 0.6) is 0 Å². The summed E-state index contributed by atoms with van der Waals surface area (Å²) < 4.78 is 0. The first kappa shape index (κ1) is 21.0. The quantitative estimate of drug-likeness (QED) is 0.528. The van der Waals surface area contributed by atoms with Gasteiger partial charge in [-0.15, -0.1) is 0 Å². The molecule has 6 heteroatoms. The van der Waals surface area contributed by atoms with Crippen molar-refractivity contribution in [2.75, 3.05) is 17.2 Å². The summed E-state index contributed by atoms with van der Waals surface area (Å²) >= 11 is 0. The molecule has 1 heterocycles. The Morgan fingerprint density at radius 2 is 1.73 bits per heavy atom. The number of rotatable bonds is 8. The molecular weight excluding hydrogens is 376 g/mol. The lowest BCUT2D eigenvalue weighted by Crippen LogP contribution is -2.23. The molecule has 0 aliphatic carbocycles. The van der Waals surface area contributed by atoms with Crippen LogP contribution in [-0.4, -0.2) is 23.3 Å². The van der Waals surface area contributed by atoms with Crippen molar-refractivity contribution in [2.24, 2.45) is 0 Å². The molecular formula is C24H26N4O2. The third-order valence-electron chi connectivity index (χ3n) is 4.63. The number of pyridine rings is 1. The molecule has 154 valence electrons. The van der Waals surface area contributed by atoms with Gasteiger partial charge >= 0.3 is 0 Å². The molecule has 0 spiro atoms. The van der Waals surface area contributed by atoms with Crippen molar-refractivity contribution in [1.29, 1.82) is 0 Å². The molecule has 0 radical (unpaired) electrons.